The van der Waals surface area contributed by atoms with E-state index in [1.807, 2.05) is 38.1 Å². The van der Waals surface area contributed by atoms with Crippen LogP contribution >= 0.6 is 0 Å². The molecule has 0 bridgehead atoms. The molecule has 1 aromatic rings. The van der Waals surface area contributed by atoms with Gasteiger partial charge in [0, 0.05) is 0 Å². The second kappa shape index (κ2) is 11.0. The summed E-state index contributed by atoms with van der Waals surface area (Å²) in [5.74, 6) is 0.232. The molecule has 0 amide bonds. The van der Waals surface area contributed by atoms with Crippen LogP contribution in [0.3, 0.4) is 0 Å². The first kappa shape index (κ1) is 28.0. The van der Waals surface area contributed by atoms with Crippen LogP contribution in [0.5, 0.6) is 5.75 Å². The van der Waals surface area contributed by atoms with E-state index in [1.54, 1.807) is 14.0 Å². The number of benzene rings is 1. The van der Waals surface area contributed by atoms with Gasteiger partial charge in [-0.25, -0.2) is 0 Å². The fourth-order valence-corrected chi connectivity index (χ4v) is 5.16. The van der Waals surface area contributed by atoms with E-state index in [1.165, 1.54) is 0 Å². The highest BCUT2D eigenvalue weighted by atomic mass is 28.4. The number of hydrogen-bond donors (Lipinski definition) is 0. The Morgan fingerprint density at radius 3 is 2.27 bits per heavy atom. The first-order chi connectivity index (χ1) is 15.1. The summed E-state index contributed by atoms with van der Waals surface area (Å²) in [4.78, 5) is 12.8. The molecule has 7 heteroatoms. The summed E-state index contributed by atoms with van der Waals surface area (Å²) in [5.41, 5.74) is 0.982. The second-order valence-electron chi connectivity index (χ2n) is 11.2. The standard InChI is InChI=1S/C26H44O6Si/c1-18(15-22-17-30-26(6,7)31-22)23(32-33(9,10)25(3,4)5)24(19(2)27)29-16-20-11-13-21(28-8)14-12-20/h11-14,18,22-24H,15-17H2,1-10H3/t18-,22-,23+,24+/m1/s1. The maximum Gasteiger partial charge on any atom is 0.192 e. The van der Waals surface area contributed by atoms with Crippen molar-refractivity contribution in [1.82, 2.24) is 0 Å². The van der Waals surface area contributed by atoms with Gasteiger partial charge in [0.1, 0.15) is 11.9 Å². The Hall–Kier alpha value is -1.25. The van der Waals surface area contributed by atoms with Crippen molar-refractivity contribution < 1.29 is 28.2 Å². The number of hydrogen-bond acceptors (Lipinski definition) is 6. The van der Waals surface area contributed by atoms with Gasteiger partial charge in [0.2, 0.25) is 0 Å². The number of methoxy groups -OCH3 is 1. The normalized spacial score (nSPS) is 21.5. The molecule has 1 fully saturated rings. The molecule has 0 aromatic heterocycles. The molecule has 0 radical (unpaired) electrons. The number of ketones is 1. The first-order valence-corrected chi connectivity index (χ1v) is 14.8. The average Bonchev–Trinajstić information content (AvgIpc) is 3.04. The van der Waals surface area contributed by atoms with Crippen LogP contribution in [0, 0.1) is 5.92 Å². The average molecular weight is 481 g/mol. The van der Waals surface area contributed by atoms with Crippen LogP contribution in [0.2, 0.25) is 18.1 Å². The maximum absolute atomic E-state index is 12.8. The third kappa shape index (κ3) is 7.89. The summed E-state index contributed by atoms with van der Waals surface area (Å²) in [6, 6.07) is 7.70. The topological polar surface area (TPSA) is 63.2 Å². The van der Waals surface area contributed by atoms with E-state index in [9.17, 15) is 4.79 Å². The Bertz CT molecular complexity index is 768. The zero-order chi connectivity index (χ0) is 25.0. The van der Waals surface area contributed by atoms with E-state index in [-0.39, 0.29) is 28.9 Å². The fraction of sp³-hybridized carbons (Fsp3) is 0.731. The number of carbonyl (C=O) groups excluding carboxylic acids is 1. The molecular formula is C26H44O6Si. The minimum absolute atomic E-state index is 0.0112. The molecule has 1 saturated heterocycles. The Kier molecular flexibility index (Phi) is 9.32. The monoisotopic (exact) mass is 480 g/mol. The number of Topliss-reactive ketones (excluding diaryl/α,β-unsaturated/α-hetero) is 1. The largest absolute Gasteiger partial charge is 0.497 e. The smallest absolute Gasteiger partial charge is 0.192 e. The lowest BCUT2D eigenvalue weighted by Crippen LogP contribution is -2.52. The van der Waals surface area contributed by atoms with Gasteiger partial charge in [0.15, 0.2) is 19.9 Å². The van der Waals surface area contributed by atoms with Gasteiger partial charge < -0.3 is 23.4 Å². The Morgan fingerprint density at radius 1 is 1.21 bits per heavy atom. The van der Waals surface area contributed by atoms with Crippen LogP contribution in [0.25, 0.3) is 0 Å². The molecule has 1 heterocycles. The third-order valence-electron chi connectivity index (χ3n) is 6.79. The Labute approximate surface area is 201 Å². The molecule has 4 atom stereocenters. The Morgan fingerprint density at radius 2 is 1.82 bits per heavy atom. The van der Waals surface area contributed by atoms with Crippen LogP contribution in [0.15, 0.2) is 24.3 Å². The third-order valence-corrected chi connectivity index (χ3v) is 11.3. The van der Waals surface area contributed by atoms with Crippen LogP contribution in [0.1, 0.15) is 60.5 Å². The van der Waals surface area contributed by atoms with E-state index in [4.69, 9.17) is 23.4 Å². The summed E-state index contributed by atoms with van der Waals surface area (Å²) in [5, 5.41) is 0.0112. The van der Waals surface area contributed by atoms with E-state index < -0.39 is 20.2 Å². The Balaban J connectivity index is 2.23. The van der Waals surface area contributed by atoms with Crippen molar-refractivity contribution in [3.63, 3.8) is 0 Å². The number of ether oxygens (including phenoxy) is 4. The molecule has 1 aliphatic rings. The van der Waals surface area contributed by atoms with Gasteiger partial charge in [-0.15, -0.1) is 0 Å². The minimum atomic E-state index is -2.17. The molecule has 0 saturated carbocycles. The molecule has 0 unspecified atom stereocenters. The molecular weight excluding hydrogens is 436 g/mol. The van der Waals surface area contributed by atoms with Gasteiger partial charge >= 0.3 is 0 Å². The van der Waals surface area contributed by atoms with Crippen molar-refractivity contribution in [2.45, 2.75) is 104 Å². The first-order valence-electron chi connectivity index (χ1n) is 11.9. The lowest BCUT2D eigenvalue weighted by atomic mass is 9.92. The zero-order valence-corrected chi connectivity index (χ0v) is 23.2. The van der Waals surface area contributed by atoms with E-state index in [0.29, 0.717) is 13.2 Å². The molecule has 0 aliphatic carbocycles. The minimum Gasteiger partial charge on any atom is -0.497 e. The fourth-order valence-electron chi connectivity index (χ4n) is 3.77. The maximum atomic E-state index is 12.8. The van der Waals surface area contributed by atoms with Crippen molar-refractivity contribution in [2.24, 2.45) is 5.92 Å². The summed E-state index contributed by atoms with van der Waals surface area (Å²) < 4.78 is 30.1. The molecule has 1 aliphatic heterocycles. The highest BCUT2D eigenvalue weighted by Crippen LogP contribution is 2.40. The number of carbonyl (C=O) groups is 1. The predicted molar refractivity (Wildman–Crippen MR) is 133 cm³/mol. The SMILES string of the molecule is COc1ccc(CO[C@@H](C(C)=O)[C@@H](O[Si](C)(C)C(C)(C)C)[C@H](C)C[C@@H]2COC(C)(C)O2)cc1. The van der Waals surface area contributed by atoms with E-state index in [0.717, 1.165) is 17.7 Å². The molecule has 1 aromatic carbocycles. The zero-order valence-electron chi connectivity index (χ0n) is 22.2. The highest BCUT2D eigenvalue weighted by Gasteiger charge is 2.44. The summed E-state index contributed by atoms with van der Waals surface area (Å²) in [6.07, 6.45) is -0.325. The predicted octanol–water partition coefficient (Wildman–Crippen LogP) is 5.74. The van der Waals surface area contributed by atoms with Crippen LogP contribution in [0.4, 0.5) is 0 Å². The van der Waals surface area contributed by atoms with Gasteiger partial charge in [0.05, 0.1) is 32.5 Å². The van der Waals surface area contributed by atoms with Gasteiger partial charge in [-0.1, -0.05) is 39.8 Å². The molecule has 2 rings (SSSR count). The lowest BCUT2D eigenvalue weighted by Gasteiger charge is -2.43. The molecule has 6 nitrogen and oxygen atoms in total. The van der Waals surface area contributed by atoms with Gasteiger partial charge in [-0.3, -0.25) is 4.79 Å². The van der Waals surface area contributed by atoms with Crippen molar-refractivity contribution in [1.29, 1.82) is 0 Å². The molecule has 0 spiro atoms. The van der Waals surface area contributed by atoms with Gasteiger partial charge in [-0.2, -0.15) is 0 Å². The molecule has 188 valence electrons. The van der Waals surface area contributed by atoms with Crippen molar-refractivity contribution in [3.05, 3.63) is 29.8 Å². The van der Waals surface area contributed by atoms with Crippen molar-refractivity contribution in [3.8, 4) is 5.75 Å². The lowest BCUT2D eigenvalue weighted by molar-refractivity contribution is -0.147. The van der Waals surface area contributed by atoms with Crippen LogP contribution < -0.4 is 4.74 Å². The summed E-state index contributed by atoms with van der Waals surface area (Å²) in [7, 11) is -0.524. The van der Waals surface area contributed by atoms with E-state index in [2.05, 4.69) is 40.8 Å². The van der Waals surface area contributed by atoms with Crippen molar-refractivity contribution >= 4 is 14.1 Å². The summed E-state index contributed by atoms with van der Waals surface area (Å²) >= 11 is 0. The van der Waals surface area contributed by atoms with E-state index >= 15 is 0 Å². The quantitative estimate of drug-likeness (QED) is 0.377. The van der Waals surface area contributed by atoms with Crippen LogP contribution in [-0.4, -0.2) is 51.9 Å². The molecule has 0 N–H and O–H groups in total. The van der Waals surface area contributed by atoms with Gasteiger partial charge in [-0.05, 0) is 68.9 Å². The number of rotatable bonds is 11. The highest BCUT2D eigenvalue weighted by molar-refractivity contribution is 6.74. The summed E-state index contributed by atoms with van der Waals surface area (Å²) in [6.45, 7) is 19.5. The van der Waals surface area contributed by atoms with Crippen molar-refractivity contribution in [2.75, 3.05) is 13.7 Å². The van der Waals surface area contributed by atoms with Crippen LogP contribution in [-0.2, 0) is 30.0 Å². The van der Waals surface area contributed by atoms with Gasteiger partial charge in [0.25, 0.3) is 0 Å². The molecule has 33 heavy (non-hydrogen) atoms. The second-order valence-corrected chi connectivity index (χ2v) is 16.0.